The van der Waals surface area contributed by atoms with Crippen LogP contribution in [0, 0.1) is 20.8 Å². The molecule has 4 aromatic rings. The number of aliphatic hydroxyl groups excluding tert-OH is 1. The lowest BCUT2D eigenvalue weighted by Gasteiger charge is -2.23. The molecule has 0 saturated carbocycles. The van der Waals surface area contributed by atoms with Gasteiger partial charge in [0.1, 0.15) is 16.2 Å². The van der Waals surface area contributed by atoms with E-state index in [4.69, 9.17) is 4.74 Å². The number of anilines is 1. The lowest BCUT2D eigenvalue weighted by molar-refractivity contribution is -0.132. The Kier molecular flexibility index (Phi) is 6.36. The molecule has 0 spiro atoms. The molecule has 1 unspecified atom stereocenters. The highest BCUT2D eigenvalue weighted by Gasteiger charge is 2.49. The number of imidazole rings is 1. The minimum atomic E-state index is -0.970. The second-order valence-electron chi connectivity index (χ2n) is 9.10. The maximum absolute atomic E-state index is 13.5. The molecule has 3 aromatic heterocycles. The number of thiazole rings is 1. The number of pyridine rings is 1. The summed E-state index contributed by atoms with van der Waals surface area (Å²) in [5.41, 5.74) is 4.38. The van der Waals surface area contributed by atoms with Gasteiger partial charge in [-0.15, -0.1) is 0 Å². The Labute approximate surface area is 223 Å². The van der Waals surface area contributed by atoms with Crippen LogP contribution in [0.3, 0.4) is 0 Å². The van der Waals surface area contributed by atoms with Crippen molar-refractivity contribution in [3.05, 3.63) is 86.8 Å². The number of aryl methyl sites for hydroxylation is 4. The summed E-state index contributed by atoms with van der Waals surface area (Å²) in [6.45, 7) is 7.37. The van der Waals surface area contributed by atoms with Crippen LogP contribution in [0.25, 0.3) is 11.4 Å². The smallest absolute Gasteiger partial charge is 0.350 e. The number of ether oxygens (including phenoxy) is 1. The summed E-state index contributed by atoms with van der Waals surface area (Å²) < 4.78 is 6.68. The van der Waals surface area contributed by atoms with Gasteiger partial charge in [-0.1, -0.05) is 48.6 Å². The number of hydrogen-bond acceptors (Lipinski definition) is 8. The lowest BCUT2D eigenvalue weighted by Crippen LogP contribution is -2.29. The summed E-state index contributed by atoms with van der Waals surface area (Å²) in [7, 11) is 1.27. The molecule has 1 atom stereocenters. The molecule has 0 bridgehead atoms. The number of rotatable bonds is 5. The normalized spacial score (nSPS) is 17.0. The van der Waals surface area contributed by atoms with Crippen molar-refractivity contribution in [2.45, 2.75) is 40.2 Å². The van der Waals surface area contributed by atoms with Crippen molar-refractivity contribution >= 4 is 45.5 Å². The van der Waals surface area contributed by atoms with Crippen molar-refractivity contribution in [1.82, 2.24) is 14.4 Å². The molecule has 5 rings (SSSR count). The highest BCUT2D eigenvalue weighted by Crippen LogP contribution is 2.44. The van der Waals surface area contributed by atoms with Crippen LogP contribution in [0.4, 0.5) is 5.13 Å². The van der Waals surface area contributed by atoms with E-state index in [-0.39, 0.29) is 27.0 Å². The average Bonchev–Trinajstić information content (AvgIpc) is 3.55. The molecule has 9 nitrogen and oxygen atoms in total. The van der Waals surface area contributed by atoms with Crippen LogP contribution in [0.1, 0.15) is 56.4 Å². The first-order valence-corrected chi connectivity index (χ1v) is 12.9. The Hall–Kier alpha value is -4.31. The van der Waals surface area contributed by atoms with Gasteiger partial charge in [0, 0.05) is 6.20 Å². The highest BCUT2D eigenvalue weighted by atomic mass is 32.1. The first kappa shape index (κ1) is 25.3. The predicted molar refractivity (Wildman–Crippen MR) is 143 cm³/mol. The first-order valence-electron chi connectivity index (χ1n) is 12.1. The standard InChI is InChI=1S/C28H26N4O5S/c1-6-17-9-11-18(12-10-17)21-19(22(33)20-16(4)31-13-7-8-14(2)25(31)30-20)23(34)26(35)32(21)28-29-15(3)24(38-28)27(36)37-5/h7-13,21,33H,6H2,1-5H3/b22-19+. The van der Waals surface area contributed by atoms with E-state index < -0.39 is 23.7 Å². The molecule has 4 heterocycles. The quantitative estimate of drug-likeness (QED) is 0.172. The molecule has 38 heavy (non-hydrogen) atoms. The molecule has 10 heteroatoms. The van der Waals surface area contributed by atoms with Crippen LogP contribution in [0.15, 0.2) is 48.2 Å². The number of aliphatic hydroxyl groups is 1. The summed E-state index contributed by atoms with van der Waals surface area (Å²) in [5, 5.41) is 11.7. The number of fused-ring (bicyclic) bond motifs is 1. The number of ketones is 1. The van der Waals surface area contributed by atoms with E-state index in [2.05, 4.69) is 9.97 Å². The van der Waals surface area contributed by atoms with Gasteiger partial charge in [0.15, 0.2) is 10.9 Å². The molecule has 1 aliphatic heterocycles. The number of esters is 1. The lowest BCUT2D eigenvalue weighted by atomic mass is 9.95. The largest absolute Gasteiger partial charge is 0.505 e. The fraction of sp³-hybridized carbons (Fsp3) is 0.250. The fourth-order valence-electron chi connectivity index (χ4n) is 4.72. The average molecular weight is 531 g/mol. The van der Waals surface area contributed by atoms with Crippen LogP contribution in [0.2, 0.25) is 0 Å². The van der Waals surface area contributed by atoms with E-state index in [1.165, 1.54) is 12.0 Å². The predicted octanol–water partition coefficient (Wildman–Crippen LogP) is 4.69. The second kappa shape index (κ2) is 9.53. The number of methoxy groups -OCH3 is 1. The van der Waals surface area contributed by atoms with Gasteiger partial charge in [0.05, 0.1) is 30.1 Å². The first-order chi connectivity index (χ1) is 18.2. The van der Waals surface area contributed by atoms with Crippen molar-refractivity contribution in [2.24, 2.45) is 0 Å². The third kappa shape index (κ3) is 3.88. The van der Waals surface area contributed by atoms with Crippen LogP contribution in [-0.4, -0.2) is 44.2 Å². The Bertz CT molecular complexity index is 1650. The maximum Gasteiger partial charge on any atom is 0.350 e. The minimum Gasteiger partial charge on any atom is -0.505 e. The van der Waals surface area contributed by atoms with Gasteiger partial charge in [-0.05, 0) is 49.9 Å². The number of nitrogens with zero attached hydrogens (tertiary/aromatic N) is 4. The number of hydrogen-bond donors (Lipinski definition) is 1. The molecule has 1 aliphatic rings. The maximum atomic E-state index is 13.5. The number of aromatic nitrogens is 3. The van der Waals surface area contributed by atoms with Gasteiger partial charge >= 0.3 is 11.9 Å². The van der Waals surface area contributed by atoms with Crippen molar-refractivity contribution in [3.63, 3.8) is 0 Å². The zero-order valence-corrected chi connectivity index (χ0v) is 22.4. The Morgan fingerprint density at radius 1 is 1.11 bits per heavy atom. The number of amides is 1. The van der Waals surface area contributed by atoms with E-state index in [1.54, 1.807) is 13.8 Å². The van der Waals surface area contributed by atoms with Crippen molar-refractivity contribution in [2.75, 3.05) is 12.0 Å². The number of carbonyl (C=O) groups excluding carboxylic acids is 3. The summed E-state index contributed by atoms with van der Waals surface area (Å²) in [6.07, 6.45) is 2.64. The summed E-state index contributed by atoms with van der Waals surface area (Å²) in [4.78, 5) is 49.8. The van der Waals surface area contributed by atoms with Crippen LogP contribution in [-0.2, 0) is 20.7 Å². The Balaban J connectivity index is 1.75. The zero-order valence-electron chi connectivity index (χ0n) is 21.6. The van der Waals surface area contributed by atoms with Gasteiger partial charge in [-0.2, -0.15) is 0 Å². The molecule has 1 saturated heterocycles. The van der Waals surface area contributed by atoms with Gasteiger partial charge in [-0.3, -0.25) is 14.5 Å². The molecule has 0 radical (unpaired) electrons. The van der Waals surface area contributed by atoms with E-state index in [9.17, 15) is 19.5 Å². The third-order valence-corrected chi connectivity index (χ3v) is 7.96. The number of carbonyl (C=O) groups is 3. The number of Topliss-reactive ketones (excluding diaryl/α,β-unsaturated/α-hetero) is 1. The van der Waals surface area contributed by atoms with Gasteiger partial charge in [0.2, 0.25) is 0 Å². The molecule has 0 aliphatic carbocycles. The van der Waals surface area contributed by atoms with Crippen molar-refractivity contribution < 1.29 is 24.2 Å². The fourth-order valence-corrected chi connectivity index (χ4v) is 5.73. The van der Waals surface area contributed by atoms with Crippen LogP contribution < -0.4 is 4.90 Å². The van der Waals surface area contributed by atoms with Gasteiger partial charge in [-0.25, -0.2) is 14.8 Å². The third-order valence-electron chi connectivity index (χ3n) is 6.82. The van der Waals surface area contributed by atoms with Crippen LogP contribution in [0.5, 0.6) is 0 Å². The molecular formula is C28H26N4O5S. The van der Waals surface area contributed by atoms with Gasteiger partial charge in [0.25, 0.3) is 5.78 Å². The summed E-state index contributed by atoms with van der Waals surface area (Å²) >= 11 is 0.963. The van der Waals surface area contributed by atoms with E-state index in [0.717, 1.165) is 28.9 Å². The van der Waals surface area contributed by atoms with Gasteiger partial charge < -0.3 is 14.2 Å². The second-order valence-corrected chi connectivity index (χ2v) is 10.1. The summed E-state index contributed by atoms with van der Waals surface area (Å²) in [5.74, 6) is -2.65. The zero-order chi connectivity index (χ0) is 27.3. The van der Waals surface area contributed by atoms with Crippen molar-refractivity contribution in [3.8, 4) is 0 Å². The van der Waals surface area contributed by atoms with Crippen molar-refractivity contribution in [1.29, 1.82) is 0 Å². The number of benzene rings is 1. The van der Waals surface area contributed by atoms with E-state index in [1.807, 2.05) is 60.8 Å². The highest BCUT2D eigenvalue weighted by molar-refractivity contribution is 7.17. The topological polar surface area (TPSA) is 114 Å². The molecule has 1 amide bonds. The Morgan fingerprint density at radius 3 is 2.45 bits per heavy atom. The van der Waals surface area contributed by atoms with E-state index >= 15 is 0 Å². The molecule has 1 N–H and O–H groups in total. The Morgan fingerprint density at radius 2 is 1.82 bits per heavy atom. The monoisotopic (exact) mass is 530 g/mol. The molecule has 194 valence electrons. The van der Waals surface area contributed by atoms with E-state index in [0.29, 0.717) is 22.6 Å². The summed E-state index contributed by atoms with van der Waals surface area (Å²) in [6, 6.07) is 10.3. The SMILES string of the molecule is CCc1ccc(C2/C(=C(\O)c3nc4c(C)cccn4c3C)C(=O)C(=O)N2c2nc(C)c(C(=O)OC)s2)cc1. The molecule has 1 aromatic carbocycles. The minimum absolute atomic E-state index is 0.0871. The molecule has 1 fully saturated rings. The van der Waals surface area contributed by atoms with Crippen LogP contribution >= 0.6 is 11.3 Å². The molecular weight excluding hydrogens is 504 g/mol.